The third kappa shape index (κ3) is 5.41. The first kappa shape index (κ1) is 28.0. The normalized spacial score (nSPS) is 12.6. The zero-order valence-corrected chi connectivity index (χ0v) is 25.4. The molecule has 0 saturated carbocycles. The number of H-pyrrole nitrogens is 1. The number of pyridine rings is 1. The molecule has 0 saturated heterocycles. The number of hydrogen-bond donors (Lipinski definition) is 1. The topological polar surface area (TPSA) is 90.0 Å². The minimum absolute atomic E-state index is 0.458. The van der Waals surface area contributed by atoms with Crippen LogP contribution in [0, 0.1) is 6.92 Å². The number of nitrogens with zero attached hydrogens (tertiary/aromatic N) is 3. The van der Waals surface area contributed by atoms with Gasteiger partial charge in [-0.3, -0.25) is 10.1 Å². The number of benzene rings is 3. The van der Waals surface area contributed by atoms with Crippen molar-refractivity contribution in [3.05, 3.63) is 89.2 Å². The molecule has 212 valence electrons. The lowest BCUT2D eigenvalue weighted by molar-refractivity contribution is -0.164. The molecule has 0 aliphatic carbocycles. The van der Waals surface area contributed by atoms with Gasteiger partial charge in [-0.1, -0.05) is 29.8 Å². The number of fused-ring (bicyclic) bond motifs is 2. The summed E-state index contributed by atoms with van der Waals surface area (Å²) in [6, 6.07) is 19.7. The number of nitrogens with one attached hydrogen (secondary N) is 1. The highest BCUT2D eigenvalue weighted by Crippen LogP contribution is 2.44. The van der Waals surface area contributed by atoms with Gasteiger partial charge in [0.05, 0.1) is 40.3 Å². The smallest absolute Gasteiger partial charge is 0.339 e. The van der Waals surface area contributed by atoms with Gasteiger partial charge < -0.3 is 9.47 Å². The highest BCUT2D eigenvalue weighted by molar-refractivity contribution is 7.22. The first-order valence-electron chi connectivity index (χ1n) is 13.5. The van der Waals surface area contributed by atoms with Crippen molar-refractivity contribution < 1.29 is 14.3 Å². The molecule has 3 heterocycles. The summed E-state index contributed by atoms with van der Waals surface area (Å²) in [6.45, 7) is 7.75. The van der Waals surface area contributed by atoms with E-state index in [0.29, 0.717) is 5.02 Å². The SMILES string of the molecule is COC(=O)C(OC(C)(C)C)c1c(C)cc2nc(-c3ccnc(-c4ccc5[nH]ncc5c4)c3)sc2c1-c1ccc(Cl)cc1. The Morgan fingerprint density at radius 2 is 1.76 bits per heavy atom. The molecular formula is C33H29ClN4O3S. The van der Waals surface area contributed by atoms with Crippen LogP contribution in [0.4, 0.5) is 0 Å². The third-order valence-electron chi connectivity index (χ3n) is 6.95. The second kappa shape index (κ2) is 10.9. The standard InChI is InChI=1S/C33H29ClN4O3S/c1-18-14-26-30(28(19-6-9-23(34)10-7-19)27(18)29(32(39)40-5)41-33(2,3)4)42-31(37-26)21-12-13-35-25(16-21)20-8-11-24-22(15-20)17-36-38-24/h6-17,29H,1-5H3,(H,36,38). The van der Waals surface area contributed by atoms with Crippen molar-refractivity contribution in [3.8, 4) is 33.0 Å². The fraction of sp³-hybridized carbons (Fsp3) is 0.212. The molecule has 1 atom stereocenters. The molecule has 0 radical (unpaired) electrons. The van der Waals surface area contributed by atoms with Crippen LogP contribution in [0.15, 0.2) is 73.1 Å². The summed E-state index contributed by atoms with van der Waals surface area (Å²) < 4.78 is 12.5. The number of halogens is 1. The predicted octanol–water partition coefficient (Wildman–Crippen LogP) is 8.56. The van der Waals surface area contributed by atoms with Gasteiger partial charge in [0.2, 0.25) is 0 Å². The highest BCUT2D eigenvalue weighted by atomic mass is 35.5. The van der Waals surface area contributed by atoms with Gasteiger partial charge in [-0.15, -0.1) is 11.3 Å². The number of aromatic nitrogens is 4. The Morgan fingerprint density at radius 3 is 2.50 bits per heavy atom. The number of aryl methyl sites for hydroxylation is 1. The van der Waals surface area contributed by atoms with Crippen LogP contribution in [-0.2, 0) is 14.3 Å². The van der Waals surface area contributed by atoms with Crippen molar-refractivity contribution in [2.45, 2.75) is 39.4 Å². The zero-order chi connectivity index (χ0) is 29.6. The molecule has 6 aromatic rings. The van der Waals surface area contributed by atoms with Gasteiger partial charge in [-0.2, -0.15) is 5.10 Å². The maximum atomic E-state index is 13.2. The van der Waals surface area contributed by atoms with Crippen LogP contribution in [0.1, 0.15) is 38.0 Å². The monoisotopic (exact) mass is 596 g/mol. The predicted molar refractivity (Wildman–Crippen MR) is 169 cm³/mol. The number of carbonyl (C=O) groups is 1. The Morgan fingerprint density at radius 1 is 1.00 bits per heavy atom. The lowest BCUT2D eigenvalue weighted by Gasteiger charge is -2.28. The number of esters is 1. The minimum Gasteiger partial charge on any atom is -0.467 e. The van der Waals surface area contributed by atoms with Crippen molar-refractivity contribution in [1.29, 1.82) is 0 Å². The fourth-order valence-corrected chi connectivity index (χ4v) is 6.33. The maximum Gasteiger partial charge on any atom is 0.339 e. The molecule has 1 unspecified atom stereocenters. The van der Waals surface area contributed by atoms with Crippen LogP contribution < -0.4 is 0 Å². The Labute approximate surface area is 252 Å². The Balaban J connectivity index is 1.54. The molecule has 0 amide bonds. The summed E-state index contributed by atoms with van der Waals surface area (Å²) in [7, 11) is 1.38. The summed E-state index contributed by atoms with van der Waals surface area (Å²) in [5.74, 6) is -0.458. The van der Waals surface area contributed by atoms with E-state index in [4.69, 9.17) is 26.1 Å². The summed E-state index contributed by atoms with van der Waals surface area (Å²) in [5.41, 5.74) is 7.42. The van der Waals surface area contributed by atoms with Gasteiger partial charge in [0, 0.05) is 38.9 Å². The molecule has 0 fully saturated rings. The first-order valence-corrected chi connectivity index (χ1v) is 14.7. The molecule has 3 aromatic carbocycles. The number of carbonyl (C=O) groups excluding carboxylic acids is 1. The number of thiazole rings is 1. The molecule has 0 aliphatic heterocycles. The van der Waals surface area contributed by atoms with E-state index in [1.54, 1.807) is 23.7 Å². The van der Waals surface area contributed by atoms with Gasteiger partial charge >= 0.3 is 5.97 Å². The summed E-state index contributed by atoms with van der Waals surface area (Å²) >= 11 is 7.83. The first-order chi connectivity index (χ1) is 20.1. The van der Waals surface area contributed by atoms with Crippen LogP contribution >= 0.6 is 22.9 Å². The van der Waals surface area contributed by atoms with Gasteiger partial charge in [-0.25, -0.2) is 9.78 Å². The van der Waals surface area contributed by atoms with E-state index in [1.807, 2.05) is 76.2 Å². The van der Waals surface area contributed by atoms with Crippen LogP contribution in [0.3, 0.4) is 0 Å². The van der Waals surface area contributed by atoms with Crippen molar-refractivity contribution in [3.63, 3.8) is 0 Å². The Bertz CT molecular complexity index is 1940. The van der Waals surface area contributed by atoms with E-state index in [1.165, 1.54) is 7.11 Å². The van der Waals surface area contributed by atoms with Gasteiger partial charge in [0.1, 0.15) is 5.01 Å². The lowest BCUT2D eigenvalue weighted by Crippen LogP contribution is -2.29. The third-order valence-corrected chi connectivity index (χ3v) is 8.34. The number of ether oxygens (including phenoxy) is 2. The van der Waals surface area contributed by atoms with Crippen LogP contribution in [0.25, 0.3) is 54.1 Å². The van der Waals surface area contributed by atoms with E-state index in [0.717, 1.165) is 65.2 Å². The average Bonchev–Trinajstić information content (AvgIpc) is 3.62. The Kier molecular flexibility index (Phi) is 7.30. The minimum atomic E-state index is -0.930. The molecule has 0 aliphatic rings. The summed E-state index contributed by atoms with van der Waals surface area (Å²) in [6.07, 6.45) is 2.68. The number of rotatable bonds is 6. The molecule has 42 heavy (non-hydrogen) atoms. The molecule has 7 nitrogen and oxygen atoms in total. The van der Waals surface area contributed by atoms with Gasteiger partial charge in [-0.05, 0) is 81.3 Å². The van der Waals surface area contributed by atoms with Crippen molar-refractivity contribution in [1.82, 2.24) is 20.2 Å². The highest BCUT2D eigenvalue weighted by Gasteiger charge is 2.33. The van der Waals surface area contributed by atoms with Crippen LogP contribution in [0.5, 0.6) is 0 Å². The van der Waals surface area contributed by atoms with Gasteiger partial charge in [0.15, 0.2) is 6.10 Å². The van der Waals surface area contributed by atoms with E-state index in [9.17, 15) is 4.79 Å². The Hall–Kier alpha value is -4.11. The molecule has 9 heteroatoms. The molecule has 1 N–H and O–H groups in total. The summed E-state index contributed by atoms with van der Waals surface area (Å²) in [4.78, 5) is 22.9. The lowest BCUT2D eigenvalue weighted by atomic mass is 9.91. The van der Waals surface area contributed by atoms with E-state index in [-0.39, 0.29) is 0 Å². The fourth-order valence-electron chi connectivity index (χ4n) is 5.08. The summed E-state index contributed by atoms with van der Waals surface area (Å²) in [5, 5.41) is 9.61. The average molecular weight is 597 g/mol. The van der Waals surface area contributed by atoms with E-state index < -0.39 is 17.7 Å². The largest absolute Gasteiger partial charge is 0.467 e. The number of aromatic amines is 1. The van der Waals surface area contributed by atoms with Crippen molar-refractivity contribution >= 4 is 50.0 Å². The second-order valence-corrected chi connectivity index (χ2v) is 12.5. The molecule has 0 bridgehead atoms. The molecule has 3 aromatic heterocycles. The maximum absolute atomic E-state index is 13.2. The van der Waals surface area contributed by atoms with Crippen LogP contribution in [-0.4, -0.2) is 38.8 Å². The van der Waals surface area contributed by atoms with Crippen molar-refractivity contribution in [2.75, 3.05) is 7.11 Å². The zero-order valence-electron chi connectivity index (χ0n) is 23.9. The van der Waals surface area contributed by atoms with Crippen LogP contribution in [0.2, 0.25) is 5.02 Å². The second-order valence-electron chi connectivity index (χ2n) is 11.1. The van der Waals surface area contributed by atoms with E-state index in [2.05, 4.69) is 27.3 Å². The quantitative estimate of drug-likeness (QED) is 0.194. The van der Waals surface area contributed by atoms with Gasteiger partial charge in [0.25, 0.3) is 0 Å². The van der Waals surface area contributed by atoms with E-state index >= 15 is 0 Å². The number of hydrogen-bond acceptors (Lipinski definition) is 7. The number of methoxy groups -OCH3 is 1. The molecular weight excluding hydrogens is 568 g/mol. The van der Waals surface area contributed by atoms with Crippen molar-refractivity contribution in [2.24, 2.45) is 0 Å². The molecule has 6 rings (SSSR count). The molecule has 0 spiro atoms.